The number of amides is 1. The second-order valence-electron chi connectivity index (χ2n) is 7.56. The molecule has 1 unspecified atom stereocenters. The third-order valence-electron chi connectivity index (χ3n) is 5.60. The Morgan fingerprint density at radius 1 is 1.25 bits per heavy atom. The highest BCUT2D eigenvalue weighted by molar-refractivity contribution is 6.35. The van der Waals surface area contributed by atoms with Crippen LogP contribution < -0.4 is 10.9 Å². The van der Waals surface area contributed by atoms with Gasteiger partial charge in [-0.2, -0.15) is 0 Å². The number of pyridine rings is 1. The summed E-state index contributed by atoms with van der Waals surface area (Å²) >= 11 is 12.4. The lowest BCUT2D eigenvalue weighted by molar-refractivity contribution is -0.131. The fourth-order valence-corrected chi connectivity index (χ4v) is 4.75. The fourth-order valence-electron chi connectivity index (χ4n) is 4.05. The predicted molar refractivity (Wildman–Crippen MR) is 120 cm³/mol. The summed E-state index contributed by atoms with van der Waals surface area (Å²) in [6.07, 6.45) is 0.594. The molecule has 2 heterocycles. The van der Waals surface area contributed by atoms with Gasteiger partial charge in [-0.3, -0.25) is 9.59 Å². The van der Waals surface area contributed by atoms with E-state index in [9.17, 15) is 18.8 Å². The van der Waals surface area contributed by atoms with Gasteiger partial charge in [0.1, 0.15) is 11.5 Å². The molecule has 0 fully saturated rings. The molecule has 0 spiro atoms. The Kier molecular flexibility index (Phi) is 5.83. The van der Waals surface area contributed by atoms with E-state index in [1.807, 2.05) is 13.0 Å². The van der Waals surface area contributed by atoms with Gasteiger partial charge in [-0.1, -0.05) is 23.2 Å². The maximum absolute atomic E-state index is 14.5. The first-order chi connectivity index (χ1) is 15.2. The summed E-state index contributed by atoms with van der Waals surface area (Å²) in [6.45, 7) is 2.14. The highest BCUT2D eigenvalue weighted by Gasteiger charge is 2.29. The van der Waals surface area contributed by atoms with E-state index >= 15 is 0 Å². The van der Waals surface area contributed by atoms with E-state index in [-0.39, 0.29) is 40.6 Å². The van der Waals surface area contributed by atoms with Gasteiger partial charge in [0, 0.05) is 16.6 Å². The molecule has 1 aliphatic rings. The molecule has 10 heteroatoms. The lowest BCUT2D eigenvalue weighted by atomic mass is 9.93. The van der Waals surface area contributed by atoms with Gasteiger partial charge < -0.3 is 20.3 Å². The number of carbonyl (C=O) groups is 2. The molecule has 7 nitrogen and oxygen atoms in total. The number of aromatic amines is 1. The molecule has 1 aliphatic heterocycles. The Morgan fingerprint density at radius 2 is 2.00 bits per heavy atom. The SMILES string of the molecule is CC1c2c(Cl)cc(Cl)cc2CCN1C(=O)CNc1cc2cc(C(=O)O)[nH]c(=O)c2cc1F. The Morgan fingerprint density at radius 3 is 2.72 bits per heavy atom. The minimum Gasteiger partial charge on any atom is -0.477 e. The van der Waals surface area contributed by atoms with Crippen LogP contribution in [0.5, 0.6) is 0 Å². The van der Waals surface area contributed by atoms with Gasteiger partial charge in [0.2, 0.25) is 5.91 Å². The molecule has 32 heavy (non-hydrogen) atoms. The number of carboxylic acid groups (broad SMARTS) is 1. The van der Waals surface area contributed by atoms with Gasteiger partial charge in [-0.25, -0.2) is 9.18 Å². The summed E-state index contributed by atoms with van der Waals surface area (Å²) in [6, 6.07) is 6.76. The van der Waals surface area contributed by atoms with Gasteiger partial charge in [-0.15, -0.1) is 0 Å². The Hall–Kier alpha value is -3.10. The maximum Gasteiger partial charge on any atom is 0.352 e. The van der Waals surface area contributed by atoms with Crippen LogP contribution in [0.2, 0.25) is 10.0 Å². The van der Waals surface area contributed by atoms with Gasteiger partial charge in [0.25, 0.3) is 5.56 Å². The molecule has 3 aromatic rings. The average Bonchev–Trinajstić information content (AvgIpc) is 2.72. The van der Waals surface area contributed by atoms with E-state index in [0.717, 1.165) is 17.2 Å². The normalized spacial score (nSPS) is 15.5. The highest BCUT2D eigenvalue weighted by atomic mass is 35.5. The van der Waals surface area contributed by atoms with Crippen LogP contribution in [0.25, 0.3) is 10.8 Å². The van der Waals surface area contributed by atoms with Gasteiger partial charge >= 0.3 is 5.97 Å². The number of nitrogens with zero attached hydrogens (tertiary/aromatic N) is 1. The number of halogens is 3. The minimum atomic E-state index is -1.31. The molecule has 1 atom stereocenters. The molecule has 0 saturated carbocycles. The number of aromatic carboxylic acids is 1. The lowest BCUT2D eigenvalue weighted by Crippen LogP contribution is -2.42. The van der Waals surface area contributed by atoms with Crippen LogP contribution in [0.3, 0.4) is 0 Å². The van der Waals surface area contributed by atoms with E-state index in [0.29, 0.717) is 23.0 Å². The lowest BCUT2D eigenvalue weighted by Gasteiger charge is -2.36. The van der Waals surface area contributed by atoms with Crippen molar-refractivity contribution in [3.8, 4) is 0 Å². The molecule has 2 aromatic carbocycles. The van der Waals surface area contributed by atoms with Crippen molar-refractivity contribution in [1.82, 2.24) is 9.88 Å². The number of carboxylic acids is 1. The van der Waals surface area contributed by atoms with E-state index in [2.05, 4.69) is 10.3 Å². The third-order valence-corrected chi connectivity index (χ3v) is 6.13. The minimum absolute atomic E-state index is 0.0114. The monoisotopic (exact) mass is 477 g/mol. The van der Waals surface area contributed by atoms with Crippen LogP contribution in [-0.2, 0) is 11.2 Å². The van der Waals surface area contributed by atoms with E-state index < -0.39 is 17.3 Å². The maximum atomic E-state index is 14.5. The van der Waals surface area contributed by atoms with Crippen molar-refractivity contribution in [2.45, 2.75) is 19.4 Å². The molecule has 0 saturated heterocycles. The third kappa shape index (κ3) is 4.03. The first kappa shape index (κ1) is 22.1. The second-order valence-corrected chi connectivity index (χ2v) is 8.41. The van der Waals surface area contributed by atoms with Crippen molar-refractivity contribution in [1.29, 1.82) is 0 Å². The molecule has 1 amide bonds. The number of hydrogen-bond donors (Lipinski definition) is 3. The molecular formula is C22H18Cl2FN3O4. The fraction of sp³-hybridized carbons (Fsp3) is 0.227. The first-order valence-corrected chi connectivity index (χ1v) is 10.5. The summed E-state index contributed by atoms with van der Waals surface area (Å²) in [5.41, 5.74) is 0.802. The first-order valence-electron chi connectivity index (χ1n) is 9.76. The van der Waals surface area contributed by atoms with Crippen molar-refractivity contribution < 1.29 is 19.1 Å². The zero-order valence-electron chi connectivity index (χ0n) is 16.8. The Balaban J connectivity index is 1.55. The molecule has 1 aromatic heterocycles. The van der Waals surface area contributed by atoms with Crippen molar-refractivity contribution in [2.24, 2.45) is 0 Å². The van der Waals surface area contributed by atoms with Crippen molar-refractivity contribution in [3.63, 3.8) is 0 Å². The molecule has 4 rings (SSSR count). The number of benzene rings is 2. The molecule has 3 N–H and O–H groups in total. The molecular weight excluding hydrogens is 460 g/mol. The summed E-state index contributed by atoms with van der Waals surface area (Å²) in [5, 5.41) is 13.2. The van der Waals surface area contributed by atoms with Crippen LogP contribution >= 0.6 is 23.2 Å². The number of fused-ring (bicyclic) bond motifs is 2. The van der Waals surface area contributed by atoms with Crippen LogP contribution in [0.1, 0.15) is 34.6 Å². The van der Waals surface area contributed by atoms with Crippen LogP contribution in [0.15, 0.2) is 35.1 Å². The number of aromatic nitrogens is 1. The molecule has 0 aliphatic carbocycles. The van der Waals surface area contributed by atoms with E-state index in [4.69, 9.17) is 28.3 Å². The number of hydrogen-bond acceptors (Lipinski definition) is 4. The van der Waals surface area contributed by atoms with Gasteiger partial charge in [0.15, 0.2) is 0 Å². The smallest absolute Gasteiger partial charge is 0.352 e. The average molecular weight is 478 g/mol. The number of nitrogens with one attached hydrogen (secondary N) is 2. The van der Waals surface area contributed by atoms with E-state index in [1.54, 1.807) is 11.0 Å². The number of carbonyl (C=O) groups excluding carboxylic acids is 1. The summed E-state index contributed by atoms with van der Waals surface area (Å²) < 4.78 is 14.5. The van der Waals surface area contributed by atoms with Crippen molar-refractivity contribution in [3.05, 3.63) is 73.4 Å². The van der Waals surface area contributed by atoms with Crippen LogP contribution in [-0.4, -0.2) is 40.0 Å². The summed E-state index contributed by atoms with van der Waals surface area (Å²) in [5.74, 6) is -2.29. The Labute approximate surface area is 191 Å². The van der Waals surface area contributed by atoms with E-state index in [1.165, 1.54) is 12.1 Å². The highest BCUT2D eigenvalue weighted by Crippen LogP contribution is 2.37. The molecule has 166 valence electrons. The summed E-state index contributed by atoms with van der Waals surface area (Å²) in [7, 11) is 0. The summed E-state index contributed by atoms with van der Waals surface area (Å²) in [4.78, 5) is 39.9. The number of H-pyrrole nitrogens is 1. The number of anilines is 1. The zero-order chi connectivity index (χ0) is 23.2. The Bertz CT molecular complexity index is 1320. The topological polar surface area (TPSA) is 102 Å². The van der Waals surface area contributed by atoms with Crippen LogP contribution in [0, 0.1) is 5.82 Å². The van der Waals surface area contributed by atoms with Crippen molar-refractivity contribution >= 4 is 51.5 Å². The molecule has 0 bridgehead atoms. The predicted octanol–water partition coefficient (Wildman–Crippen LogP) is 4.23. The van der Waals surface area contributed by atoms with Crippen LogP contribution in [0.4, 0.5) is 10.1 Å². The van der Waals surface area contributed by atoms with Crippen molar-refractivity contribution in [2.75, 3.05) is 18.4 Å². The zero-order valence-corrected chi connectivity index (χ0v) is 18.4. The van der Waals surface area contributed by atoms with Gasteiger partial charge in [0.05, 0.1) is 23.7 Å². The quantitative estimate of drug-likeness (QED) is 0.521. The van der Waals surface area contributed by atoms with Gasteiger partial charge in [-0.05, 0) is 60.2 Å². The number of rotatable bonds is 4. The second kappa shape index (κ2) is 8.44. The standard InChI is InChI=1S/C22H18Cl2FN3O4/c1-10-20-11(4-13(23)7-15(20)24)2-3-28(10)19(29)9-26-17-5-12-6-18(22(31)32)27-21(30)14(12)8-16(17)25/h4-8,10,26H,2-3,9H2,1H3,(H,27,30)(H,31,32). The largest absolute Gasteiger partial charge is 0.477 e. The molecule has 0 radical (unpaired) electrons.